The molecule has 6 rings (SSSR count). The Bertz CT molecular complexity index is 1370. The third-order valence-corrected chi connectivity index (χ3v) is 6.71. The lowest BCUT2D eigenvalue weighted by molar-refractivity contribution is -0.107. The summed E-state index contributed by atoms with van der Waals surface area (Å²) in [5.74, 6) is 0.616. The summed E-state index contributed by atoms with van der Waals surface area (Å²) in [4.78, 5) is 26.3. The van der Waals surface area contributed by atoms with Crippen LogP contribution in [0.25, 0.3) is 21.8 Å². The summed E-state index contributed by atoms with van der Waals surface area (Å²) in [6.45, 7) is 1.68. The molecule has 2 aliphatic rings. The third-order valence-electron chi connectivity index (χ3n) is 5.37. The van der Waals surface area contributed by atoms with Crippen LogP contribution in [0.2, 0.25) is 0 Å². The molecule has 1 saturated heterocycles. The number of hydrogen-bond donors (Lipinski definition) is 1. The molecule has 36 heavy (non-hydrogen) atoms. The van der Waals surface area contributed by atoms with Gasteiger partial charge in [-0.1, -0.05) is 0 Å². The van der Waals surface area contributed by atoms with Crippen LogP contribution in [-0.4, -0.2) is 39.4 Å². The summed E-state index contributed by atoms with van der Waals surface area (Å²) in [5, 5.41) is 1.59. The maximum absolute atomic E-state index is 11.2. The highest BCUT2D eigenvalue weighted by atomic mass is 127. The number of aromatic nitrogens is 4. The summed E-state index contributed by atoms with van der Waals surface area (Å²) in [7, 11) is 0. The van der Waals surface area contributed by atoms with Crippen LogP contribution in [-0.2, 0) is 9.47 Å². The van der Waals surface area contributed by atoms with E-state index in [0.717, 1.165) is 56.0 Å². The maximum atomic E-state index is 11.2. The zero-order valence-corrected chi connectivity index (χ0v) is 23.8. The van der Waals surface area contributed by atoms with E-state index in [9.17, 15) is 4.79 Å². The first-order valence-corrected chi connectivity index (χ1v) is 13.8. The number of benzene rings is 2. The number of fused-ring (bicyclic) bond motifs is 2. The molecule has 0 spiro atoms. The van der Waals surface area contributed by atoms with Gasteiger partial charge in [0.1, 0.15) is 6.33 Å². The lowest BCUT2D eigenvalue weighted by Gasteiger charge is -2.23. The standard InChI is InChI=1S/C13H13IN2O2.C8H5IN2O.C5H8O/c14-9-4-5-11-10(7-9)13(16-8-15-11)18-12-3-1-2-6-17-12;9-5-1-2-7-6(3-5)8(12)11-4-10-7;1-2-4-6-5-3-1/h4-5,7-8,12H,1-3,6H2;1-4H,(H,10,11,12);2,4H,1,3,5H2. The number of nitrogens with zero attached hydrogens (tertiary/aromatic N) is 3. The number of hydrogen-bond acceptors (Lipinski definition) is 7. The van der Waals surface area contributed by atoms with Crippen LogP contribution >= 0.6 is 45.2 Å². The molecule has 1 atom stereocenters. The number of allylic oxidation sites excluding steroid dienone is 1. The first kappa shape index (κ1) is 26.7. The predicted octanol–water partition coefficient (Wildman–Crippen LogP) is 5.98. The van der Waals surface area contributed by atoms with Crippen molar-refractivity contribution in [1.82, 2.24) is 19.9 Å². The van der Waals surface area contributed by atoms with Crippen molar-refractivity contribution in [2.45, 2.75) is 38.4 Å². The van der Waals surface area contributed by atoms with Gasteiger partial charge in [0.15, 0.2) is 0 Å². The van der Waals surface area contributed by atoms with Gasteiger partial charge in [0.25, 0.3) is 5.56 Å². The molecule has 4 aromatic rings. The average Bonchev–Trinajstić information content (AvgIpc) is 2.92. The van der Waals surface area contributed by atoms with E-state index < -0.39 is 0 Å². The zero-order valence-electron chi connectivity index (χ0n) is 19.5. The second-order valence-electron chi connectivity index (χ2n) is 8.03. The normalized spacial score (nSPS) is 16.8. The molecule has 0 aliphatic carbocycles. The van der Waals surface area contributed by atoms with Crippen LogP contribution in [0.4, 0.5) is 0 Å². The van der Waals surface area contributed by atoms with Gasteiger partial charge in [0, 0.05) is 13.6 Å². The molecule has 1 unspecified atom stereocenters. The monoisotopic (exact) mass is 712 g/mol. The van der Waals surface area contributed by atoms with Gasteiger partial charge in [-0.3, -0.25) is 4.79 Å². The van der Waals surface area contributed by atoms with Crippen LogP contribution in [0.1, 0.15) is 32.1 Å². The molecule has 0 amide bonds. The first-order valence-electron chi connectivity index (χ1n) is 11.7. The second kappa shape index (κ2) is 13.8. The summed E-state index contributed by atoms with van der Waals surface area (Å²) < 4.78 is 18.5. The van der Waals surface area contributed by atoms with Crippen molar-refractivity contribution < 1.29 is 14.2 Å². The minimum Gasteiger partial charge on any atom is -0.502 e. The van der Waals surface area contributed by atoms with Gasteiger partial charge < -0.3 is 19.2 Å². The van der Waals surface area contributed by atoms with Crippen LogP contribution in [0.5, 0.6) is 5.88 Å². The van der Waals surface area contributed by atoms with Gasteiger partial charge in [0.05, 0.1) is 47.6 Å². The van der Waals surface area contributed by atoms with E-state index in [-0.39, 0.29) is 11.8 Å². The van der Waals surface area contributed by atoms with Gasteiger partial charge in [-0.05, 0) is 113 Å². The molecule has 1 N–H and O–H groups in total. The lowest BCUT2D eigenvalue weighted by atomic mass is 10.2. The molecular formula is C26H26I2N4O4. The molecule has 8 nitrogen and oxygen atoms in total. The van der Waals surface area contributed by atoms with E-state index in [1.54, 1.807) is 6.26 Å². The minimum absolute atomic E-state index is 0.0847. The number of halogens is 2. The van der Waals surface area contributed by atoms with Gasteiger partial charge in [-0.25, -0.2) is 15.0 Å². The quantitative estimate of drug-likeness (QED) is 0.256. The van der Waals surface area contributed by atoms with Crippen molar-refractivity contribution in [3.63, 3.8) is 0 Å². The fraction of sp³-hybridized carbons (Fsp3) is 0.308. The molecule has 2 aromatic heterocycles. The van der Waals surface area contributed by atoms with E-state index in [2.05, 4.69) is 65.1 Å². The molecule has 10 heteroatoms. The molecule has 1 fully saturated rings. The summed E-state index contributed by atoms with van der Waals surface area (Å²) in [5.41, 5.74) is 1.55. The second-order valence-corrected chi connectivity index (χ2v) is 10.5. The van der Waals surface area contributed by atoms with Crippen molar-refractivity contribution >= 4 is 67.0 Å². The minimum atomic E-state index is -0.172. The Morgan fingerprint density at radius 3 is 2.33 bits per heavy atom. The van der Waals surface area contributed by atoms with Crippen LogP contribution in [0.3, 0.4) is 0 Å². The van der Waals surface area contributed by atoms with Crippen molar-refractivity contribution in [2.24, 2.45) is 0 Å². The Morgan fingerprint density at radius 1 is 0.917 bits per heavy atom. The lowest BCUT2D eigenvalue weighted by Crippen LogP contribution is -2.25. The Labute approximate surface area is 236 Å². The highest BCUT2D eigenvalue weighted by Crippen LogP contribution is 2.26. The van der Waals surface area contributed by atoms with E-state index in [4.69, 9.17) is 14.2 Å². The summed E-state index contributed by atoms with van der Waals surface area (Å²) >= 11 is 4.44. The van der Waals surface area contributed by atoms with Gasteiger partial charge >= 0.3 is 0 Å². The number of rotatable bonds is 2. The molecule has 2 aromatic carbocycles. The van der Waals surface area contributed by atoms with Gasteiger partial charge in [-0.2, -0.15) is 0 Å². The van der Waals surface area contributed by atoms with Crippen LogP contribution in [0.15, 0.2) is 66.2 Å². The molecule has 0 radical (unpaired) electrons. The third kappa shape index (κ3) is 7.84. The maximum Gasteiger partial charge on any atom is 0.258 e. The molecule has 188 valence electrons. The summed E-state index contributed by atoms with van der Waals surface area (Å²) in [6.07, 6.45) is 12.2. The van der Waals surface area contributed by atoms with Crippen molar-refractivity contribution in [3.8, 4) is 5.88 Å². The number of ether oxygens (including phenoxy) is 3. The van der Waals surface area contributed by atoms with E-state index in [1.807, 2.05) is 42.5 Å². The number of nitrogens with one attached hydrogen (secondary N) is 1. The Kier molecular flexibility index (Phi) is 10.3. The molecular weight excluding hydrogens is 686 g/mol. The van der Waals surface area contributed by atoms with Crippen LogP contribution in [0, 0.1) is 7.14 Å². The SMILES string of the molecule is C1=COCCC1.Ic1ccc2ncnc(OC3CCCCO3)c2c1.O=c1[nH]cnc2ccc(I)cc12. The number of aromatic amines is 1. The van der Waals surface area contributed by atoms with Crippen molar-refractivity contribution in [1.29, 1.82) is 0 Å². The fourth-order valence-electron chi connectivity index (χ4n) is 3.56. The van der Waals surface area contributed by atoms with Crippen molar-refractivity contribution in [2.75, 3.05) is 13.2 Å². The highest BCUT2D eigenvalue weighted by Gasteiger charge is 2.17. The largest absolute Gasteiger partial charge is 0.502 e. The predicted molar refractivity (Wildman–Crippen MR) is 156 cm³/mol. The van der Waals surface area contributed by atoms with Gasteiger partial charge in [-0.15, -0.1) is 0 Å². The molecule has 2 aliphatic heterocycles. The molecule has 0 bridgehead atoms. The zero-order chi connectivity index (χ0) is 25.2. The van der Waals surface area contributed by atoms with Gasteiger partial charge in [0.2, 0.25) is 12.2 Å². The average molecular weight is 712 g/mol. The number of H-pyrrole nitrogens is 1. The highest BCUT2D eigenvalue weighted by molar-refractivity contribution is 14.1. The fourth-order valence-corrected chi connectivity index (χ4v) is 4.54. The van der Waals surface area contributed by atoms with E-state index >= 15 is 0 Å². The van der Waals surface area contributed by atoms with E-state index in [0.29, 0.717) is 11.3 Å². The Morgan fingerprint density at radius 2 is 1.69 bits per heavy atom. The first-order chi connectivity index (χ1) is 17.6. The summed E-state index contributed by atoms with van der Waals surface area (Å²) in [6, 6.07) is 11.6. The van der Waals surface area contributed by atoms with E-state index in [1.165, 1.54) is 25.5 Å². The molecule has 0 saturated carbocycles. The topological polar surface area (TPSA) is 99.2 Å². The molecule has 4 heterocycles. The van der Waals surface area contributed by atoms with Crippen LogP contribution < -0.4 is 10.3 Å². The smallest absolute Gasteiger partial charge is 0.258 e. The van der Waals surface area contributed by atoms with Crippen molar-refractivity contribution in [3.05, 3.63) is 78.9 Å². The Hall–Kier alpha value is -2.32. The Balaban J connectivity index is 0.000000145.